The molecule has 19 heavy (non-hydrogen) atoms. The quantitative estimate of drug-likeness (QED) is 0.484. The molecule has 3 rings (SSSR count). The van der Waals surface area contributed by atoms with Gasteiger partial charge in [-0.25, -0.2) is 0 Å². The standard InChI is InChI=1S/C13H14N2O3Se/c16-13-11-8-10(15(17)18)6-7-12(11)19-14(13)9-4-2-1-3-5-9/h6-9H,1-5H2. The van der Waals surface area contributed by atoms with E-state index in [1.165, 1.54) is 31.4 Å². The minimum atomic E-state index is -0.441. The first-order valence-electron chi connectivity index (χ1n) is 6.47. The summed E-state index contributed by atoms with van der Waals surface area (Å²) in [7, 11) is 0. The number of nitrogens with zero attached hydrogens (tertiary/aromatic N) is 2. The molecule has 100 valence electrons. The second kappa shape index (κ2) is 4.94. The molecule has 0 unspecified atom stereocenters. The van der Waals surface area contributed by atoms with E-state index < -0.39 is 4.92 Å². The van der Waals surface area contributed by atoms with Gasteiger partial charge >= 0.3 is 115 Å². The van der Waals surface area contributed by atoms with Gasteiger partial charge in [0.1, 0.15) is 0 Å². The van der Waals surface area contributed by atoms with Crippen LogP contribution in [0.4, 0.5) is 5.69 Å². The van der Waals surface area contributed by atoms with E-state index in [0.717, 1.165) is 17.1 Å². The number of hydrogen-bond acceptors (Lipinski definition) is 3. The molecule has 1 aromatic heterocycles. The summed E-state index contributed by atoms with van der Waals surface area (Å²) in [5.41, 5.74) is -0.000931. The molecule has 0 saturated heterocycles. The topological polar surface area (TPSA) is 65.1 Å². The van der Waals surface area contributed by atoms with E-state index in [-0.39, 0.29) is 26.0 Å². The van der Waals surface area contributed by atoms with Crippen molar-refractivity contribution < 1.29 is 4.92 Å². The van der Waals surface area contributed by atoms with Crippen LogP contribution in [0.1, 0.15) is 38.1 Å². The first-order chi connectivity index (χ1) is 9.16. The normalized spacial score (nSPS) is 16.8. The number of fused-ring (bicyclic) bond motifs is 1. The van der Waals surface area contributed by atoms with Gasteiger partial charge in [-0.3, -0.25) is 0 Å². The Hall–Kier alpha value is -1.39. The molecule has 1 aromatic carbocycles. The van der Waals surface area contributed by atoms with E-state index >= 15 is 0 Å². The van der Waals surface area contributed by atoms with E-state index in [1.807, 2.05) is 3.56 Å². The molecule has 5 nitrogen and oxygen atoms in total. The first kappa shape index (κ1) is 12.6. The minimum absolute atomic E-state index is 0.00777. The summed E-state index contributed by atoms with van der Waals surface area (Å²) in [6.07, 6.45) is 5.76. The van der Waals surface area contributed by atoms with E-state index in [4.69, 9.17) is 0 Å². The molecule has 2 aromatic rings. The van der Waals surface area contributed by atoms with Gasteiger partial charge in [-0.15, -0.1) is 0 Å². The van der Waals surface area contributed by atoms with E-state index in [9.17, 15) is 14.9 Å². The predicted molar refractivity (Wildman–Crippen MR) is 73.9 cm³/mol. The van der Waals surface area contributed by atoms with Crippen LogP contribution in [0.3, 0.4) is 0 Å². The van der Waals surface area contributed by atoms with Gasteiger partial charge in [-0.05, 0) is 0 Å². The van der Waals surface area contributed by atoms with Gasteiger partial charge in [-0.2, -0.15) is 0 Å². The Labute approximate surface area is 116 Å². The molecule has 6 heteroatoms. The van der Waals surface area contributed by atoms with Crippen LogP contribution < -0.4 is 5.56 Å². The number of nitro benzene ring substituents is 1. The molecular formula is C13H14N2O3Se. The van der Waals surface area contributed by atoms with Crippen LogP contribution in [-0.4, -0.2) is 23.2 Å². The Morgan fingerprint density at radius 2 is 2.00 bits per heavy atom. The van der Waals surface area contributed by atoms with Crippen molar-refractivity contribution in [3.63, 3.8) is 0 Å². The summed E-state index contributed by atoms with van der Waals surface area (Å²) in [6.45, 7) is 0. The molecule has 0 N–H and O–H groups in total. The first-order valence-corrected chi connectivity index (χ1v) is 8.09. The van der Waals surface area contributed by atoms with Crippen LogP contribution in [0.15, 0.2) is 23.0 Å². The predicted octanol–water partition coefficient (Wildman–Crippen LogP) is 2.47. The third-order valence-corrected chi connectivity index (χ3v) is 6.25. The van der Waals surface area contributed by atoms with Crippen molar-refractivity contribution in [1.29, 1.82) is 0 Å². The van der Waals surface area contributed by atoms with E-state index in [2.05, 4.69) is 0 Å². The zero-order valence-corrected chi connectivity index (χ0v) is 12.1. The number of aromatic nitrogens is 1. The fourth-order valence-electron chi connectivity index (χ4n) is 2.70. The molecule has 0 aliphatic heterocycles. The van der Waals surface area contributed by atoms with Crippen molar-refractivity contribution >= 4 is 30.1 Å². The van der Waals surface area contributed by atoms with Crippen molar-refractivity contribution in [2.24, 2.45) is 0 Å². The van der Waals surface area contributed by atoms with Gasteiger partial charge in [0.25, 0.3) is 0 Å². The van der Waals surface area contributed by atoms with Gasteiger partial charge < -0.3 is 0 Å². The Morgan fingerprint density at radius 3 is 2.68 bits per heavy atom. The van der Waals surface area contributed by atoms with Gasteiger partial charge in [0.2, 0.25) is 0 Å². The van der Waals surface area contributed by atoms with Gasteiger partial charge in [0, 0.05) is 0 Å². The molecule has 0 atom stereocenters. The second-order valence-corrected chi connectivity index (χ2v) is 7.08. The average Bonchev–Trinajstić information content (AvgIpc) is 2.77. The number of benzene rings is 1. The molecule has 1 fully saturated rings. The maximum atomic E-state index is 12.4. The molecule has 1 heterocycles. The average molecular weight is 325 g/mol. The van der Waals surface area contributed by atoms with Crippen molar-refractivity contribution in [2.75, 3.05) is 0 Å². The number of nitro groups is 1. The molecule has 0 bridgehead atoms. The molecule has 0 amide bonds. The molecule has 1 aliphatic carbocycles. The van der Waals surface area contributed by atoms with Crippen LogP contribution in [-0.2, 0) is 0 Å². The Balaban J connectivity index is 2.09. The van der Waals surface area contributed by atoms with E-state index in [1.54, 1.807) is 6.07 Å². The summed E-state index contributed by atoms with van der Waals surface area (Å²) < 4.78 is 2.94. The van der Waals surface area contributed by atoms with Crippen molar-refractivity contribution in [3.05, 3.63) is 38.7 Å². The third-order valence-electron chi connectivity index (χ3n) is 3.71. The summed E-state index contributed by atoms with van der Waals surface area (Å²) in [5.74, 6) is 0. The Morgan fingerprint density at radius 1 is 1.26 bits per heavy atom. The summed E-state index contributed by atoms with van der Waals surface area (Å²) in [5, 5.41) is 11.3. The molecule has 1 saturated carbocycles. The van der Waals surface area contributed by atoms with Crippen molar-refractivity contribution in [2.45, 2.75) is 38.1 Å². The molecular weight excluding hydrogens is 311 g/mol. The van der Waals surface area contributed by atoms with E-state index in [0.29, 0.717) is 11.4 Å². The van der Waals surface area contributed by atoms with Gasteiger partial charge in [0.15, 0.2) is 0 Å². The summed E-state index contributed by atoms with van der Waals surface area (Å²) in [6, 6.07) is 5.02. The summed E-state index contributed by atoms with van der Waals surface area (Å²) >= 11 is -0.0104. The number of non-ortho nitro benzene ring substituents is 1. The molecule has 0 spiro atoms. The second-order valence-electron chi connectivity index (χ2n) is 4.95. The zero-order valence-electron chi connectivity index (χ0n) is 10.4. The summed E-state index contributed by atoms with van der Waals surface area (Å²) in [4.78, 5) is 22.7. The van der Waals surface area contributed by atoms with Gasteiger partial charge in [-0.1, -0.05) is 0 Å². The fraction of sp³-hybridized carbons (Fsp3) is 0.462. The number of rotatable bonds is 2. The molecule has 0 radical (unpaired) electrons. The van der Waals surface area contributed by atoms with Crippen molar-refractivity contribution in [3.8, 4) is 0 Å². The Kier molecular flexibility index (Phi) is 3.29. The third kappa shape index (κ3) is 2.26. The van der Waals surface area contributed by atoms with Crippen LogP contribution >= 0.6 is 0 Å². The van der Waals surface area contributed by atoms with Crippen LogP contribution in [0.25, 0.3) is 9.65 Å². The van der Waals surface area contributed by atoms with Crippen LogP contribution in [0.2, 0.25) is 0 Å². The van der Waals surface area contributed by atoms with Gasteiger partial charge in [0.05, 0.1) is 0 Å². The fourth-order valence-corrected chi connectivity index (χ4v) is 5.06. The SMILES string of the molecule is O=c1c2cc([N+](=O)[O-])ccc2[se]n1C1CCCCC1. The monoisotopic (exact) mass is 326 g/mol. The maximum absolute atomic E-state index is 12.4. The Bertz CT molecular complexity index is 683. The zero-order chi connectivity index (χ0) is 13.4. The van der Waals surface area contributed by atoms with Crippen molar-refractivity contribution in [1.82, 2.24) is 3.56 Å². The van der Waals surface area contributed by atoms with Crippen LogP contribution in [0.5, 0.6) is 0 Å². The number of hydrogen-bond donors (Lipinski definition) is 0. The molecule has 1 aliphatic rings. The van der Waals surface area contributed by atoms with Crippen LogP contribution in [0, 0.1) is 10.1 Å².